The van der Waals surface area contributed by atoms with Gasteiger partial charge in [0, 0.05) is 17.3 Å². The van der Waals surface area contributed by atoms with E-state index in [0.717, 1.165) is 24.1 Å². The maximum Gasteiger partial charge on any atom is 0.213 e. The van der Waals surface area contributed by atoms with E-state index in [9.17, 15) is 0 Å². The van der Waals surface area contributed by atoms with Gasteiger partial charge in [0.25, 0.3) is 0 Å². The molecule has 0 spiro atoms. The highest BCUT2D eigenvalue weighted by Crippen LogP contribution is 2.39. The van der Waals surface area contributed by atoms with E-state index in [2.05, 4.69) is 11.1 Å². The smallest absolute Gasteiger partial charge is 0.213 e. The monoisotopic (exact) mass is 192 g/mol. The second-order valence-electron chi connectivity index (χ2n) is 4.05. The van der Waals surface area contributed by atoms with Crippen molar-refractivity contribution < 1.29 is 4.74 Å². The number of aromatic nitrogens is 1. The molecule has 0 amide bonds. The Hall–Kier alpha value is -1.09. The topological polar surface area (TPSA) is 48.1 Å². The largest absolute Gasteiger partial charge is 0.481 e. The van der Waals surface area contributed by atoms with Crippen LogP contribution in [0.5, 0.6) is 5.88 Å². The summed E-state index contributed by atoms with van der Waals surface area (Å²) in [6, 6.07) is 4.01. The summed E-state index contributed by atoms with van der Waals surface area (Å²) < 4.78 is 5.13. The van der Waals surface area contributed by atoms with Gasteiger partial charge in [0.15, 0.2) is 0 Å². The van der Waals surface area contributed by atoms with Crippen LogP contribution in [0.1, 0.15) is 30.5 Å². The summed E-state index contributed by atoms with van der Waals surface area (Å²) in [4.78, 5) is 4.25. The number of nitrogens with two attached hydrogens (primary N) is 1. The molecule has 3 nitrogen and oxygen atoms in total. The Kier molecular flexibility index (Phi) is 2.19. The molecule has 1 heterocycles. The van der Waals surface area contributed by atoms with Crippen molar-refractivity contribution in [2.45, 2.75) is 31.7 Å². The zero-order valence-electron chi connectivity index (χ0n) is 8.71. The van der Waals surface area contributed by atoms with Crippen molar-refractivity contribution in [1.29, 1.82) is 0 Å². The SMILES string of the molecule is COc1cc(C2(N)CCC2)cc(C)n1. The fourth-order valence-corrected chi connectivity index (χ4v) is 1.88. The molecule has 1 fully saturated rings. The predicted molar refractivity (Wildman–Crippen MR) is 55.2 cm³/mol. The number of pyridine rings is 1. The van der Waals surface area contributed by atoms with Gasteiger partial charge < -0.3 is 10.5 Å². The zero-order chi connectivity index (χ0) is 10.2. The maximum atomic E-state index is 6.23. The fourth-order valence-electron chi connectivity index (χ4n) is 1.88. The third-order valence-electron chi connectivity index (χ3n) is 2.96. The Bertz CT molecular complexity index is 345. The first kappa shape index (κ1) is 9.46. The molecule has 2 N–H and O–H groups in total. The first-order chi connectivity index (χ1) is 6.64. The quantitative estimate of drug-likeness (QED) is 0.776. The van der Waals surface area contributed by atoms with Crippen LogP contribution in [0.2, 0.25) is 0 Å². The lowest BCUT2D eigenvalue weighted by Crippen LogP contribution is -2.43. The molecule has 1 aliphatic rings. The predicted octanol–water partition coefficient (Wildman–Crippen LogP) is 1.74. The molecule has 1 aromatic heterocycles. The van der Waals surface area contributed by atoms with E-state index in [0.29, 0.717) is 5.88 Å². The highest BCUT2D eigenvalue weighted by atomic mass is 16.5. The second-order valence-corrected chi connectivity index (χ2v) is 4.05. The van der Waals surface area contributed by atoms with Crippen LogP contribution in [-0.2, 0) is 5.54 Å². The highest BCUT2D eigenvalue weighted by molar-refractivity contribution is 5.32. The molecule has 2 rings (SSSR count). The van der Waals surface area contributed by atoms with Gasteiger partial charge in [0.05, 0.1) is 7.11 Å². The zero-order valence-corrected chi connectivity index (χ0v) is 8.71. The molecular weight excluding hydrogens is 176 g/mol. The molecule has 0 unspecified atom stereocenters. The molecule has 0 aromatic carbocycles. The van der Waals surface area contributed by atoms with Crippen LogP contribution in [0.3, 0.4) is 0 Å². The molecule has 76 valence electrons. The standard InChI is InChI=1S/C11H16N2O/c1-8-6-9(7-10(13-8)14-2)11(12)4-3-5-11/h6-7H,3-5,12H2,1-2H3. The molecule has 0 saturated heterocycles. The molecule has 1 saturated carbocycles. The molecular formula is C11H16N2O. The van der Waals surface area contributed by atoms with Crippen LogP contribution in [0, 0.1) is 6.92 Å². The Morgan fingerprint density at radius 1 is 1.43 bits per heavy atom. The second kappa shape index (κ2) is 3.24. The third-order valence-corrected chi connectivity index (χ3v) is 2.96. The van der Waals surface area contributed by atoms with Gasteiger partial charge in [-0.15, -0.1) is 0 Å². The first-order valence-corrected chi connectivity index (χ1v) is 4.96. The van der Waals surface area contributed by atoms with E-state index in [4.69, 9.17) is 10.5 Å². The van der Waals surface area contributed by atoms with Crippen LogP contribution in [0.25, 0.3) is 0 Å². The van der Waals surface area contributed by atoms with E-state index in [1.54, 1.807) is 7.11 Å². The minimum Gasteiger partial charge on any atom is -0.481 e. The van der Waals surface area contributed by atoms with Gasteiger partial charge in [-0.05, 0) is 37.8 Å². The third kappa shape index (κ3) is 1.48. The van der Waals surface area contributed by atoms with Crippen molar-refractivity contribution >= 4 is 0 Å². The van der Waals surface area contributed by atoms with Gasteiger partial charge in [-0.2, -0.15) is 0 Å². The van der Waals surface area contributed by atoms with Crippen molar-refractivity contribution in [2.75, 3.05) is 7.11 Å². The first-order valence-electron chi connectivity index (χ1n) is 4.96. The van der Waals surface area contributed by atoms with Crippen LogP contribution in [0.15, 0.2) is 12.1 Å². The summed E-state index contributed by atoms with van der Waals surface area (Å²) in [5.41, 5.74) is 8.24. The van der Waals surface area contributed by atoms with Gasteiger partial charge in [-0.1, -0.05) is 0 Å². The fraction of sp³-hybridized carbons (Fsp3) is 0.545. The molecule has 14 heavy (non-hydrogen) atoms. The van der Waals surface area contributed by atoms with E-state index < -0.39 is 0 Å². The van der Waals surface area contributed by atoms with Crippen molar-refractivity contribution in [3.05, 3.63) is 23.4 Å². The minimum atomic E-state index is -0.124. The number of aryl methyl sites for hydroxylation is 1. The lowest BCUT2D eigenvalue weighted by Gasteiger charge is -2.38. The van der Waals surface area contributed by atoms with Crippen molar-refractivity contribution in [2.24, 2.45) is 5.73 Å². The molecule has 1 aromatic rings. The number of hydrogen-bond acceptors (Lipinski definition) is 3. The Morgan fingerprint density at radius 2 is 2.14 bits per heavy atom. The maximum absolute atomic E-state index is 6.23. The van der Waals surface area contributed by atoms with Crippen molar-refractivity contribution in [3.63, 3.8) is 0 Å². The summed E-state index contributed by atoms with van der Waals surface area (Å²) in [6.45, 7) is 1.97. The van der Waals surface area contributed by atoms with E-state index >= 15 is 0 Å². The summed E-state index contributed by atoms with van der Waals surface area (Å²) in [6.07, 6.45) is 3.36. The number of ether oxygens (including phenoxy) is 1. The summed E-state index contributed by atoms with van der Waals surface area (Å²) in [5.74, 6) is 0.664. The Morgan fingerprint density at radius 3 is 2.64 bits per heavy atom. The number of hydrogen-bond donors (Lipinski definition) is 1. The average molecular weight is 192 g/mol. The Balaban J connectivity index is 2.37. The van der Waals surface area contributed by atoms with Gasteiger partial charge >= 0.3 is 0 Å². The lowest BCUT2D eigenvalue weighted by atomic mass is 9.73. The number of rotatable bonds is 2. The van der Waals surface area contributed by atoms with Gasteiger partial charge in [-0.25, -0.2) is 4.98 Å². The lowest BCUT2D eigenvalue weighted by molar-refractivity contribution is 0.252. The Labute approximate surface area is 84.3 Å². The summed E-state index contributed by atoms with van der Waals surface area (Å²) >= 11 is 0. The van der Waals surface area contributed by atoms with E-state index in [1.165, 1.54) is 6.42 Å². The number of methoxy groups -OCH3 is 1. The molecule has 0 radical (unpaired) electrons. The summed E-state index contributed by atoms with van der Waals surface area (Å²) in [5, 5.41) is 0. The minimum absolute atomic E-state index is 0.124. The van der Waals surface area contributed by atoms with Gasteiger partial charge in [-0.3, -0.25) is 0 Å². The van der Waals surface area contributed by atoms with E-state index in [-0.39, 0.29) is 5.54 Å². The van der Waals surface area contributed by atoms with Crippen LogP contribution in [0.4, 0.5) is 0 Å². The number of nitrogens with zero attached hydrogens (tertiary/aromatic N) is 1. The molecule has 0 atom stereocenters. The van der Waals surface area contributed by atoms with Crippen molar-refractivity contribution in [3.8, 4) is 5.88 Å². The molecule has 3 heteroatoms. The van der Waals surface area contributed by atoms with Crippen molar-refractivity contribution in [1.82, 2.24) is 4.98 Å². The van der Waals surface area contributed by atoms with Crippen LogP contribution >= 0.6 is 0 Å². The highest BCUT2D eigenvalue weighted by Gasteiger charge is 2.34. The van der Waals surface area contributed by atoms with Crippen LogP contribution < -0.4 is 10.5 Å². The molecule has 1 aliphatic carbocycles. The van der Waals surface area contributed by atoms with Crippen LogP contribution in [-0.4, -0.2) is 12.1 Å². The molecule has 0 bridgehead atoms. The van der Waals surface area contributed by atoms with E-state index in [1.807, 2.05) is 13.0 Å². The van der Waals surface area contributed by atoms with Gasteiger partial charge in [0.1, 0.15) is 0 Å². The normalized spacial score (nSPS) is 18.8. The summed E-state index contributed by atoms with van der Waals surface area (Å²) in [7, 11) is 1.63. The van der Waals surface area contributed by atoms with Gasteiger partial charge in [0.2, 0.25) is 5.88 Å². The average Bonchev–Trinajstić information content (AvgIpc) is 2.13. The molecule has 0 aliphatic heterocycles.